The van der Waals surface area contributed by atoms with Crippen molar-refractivity contribution in [3.05, 3.63) is 149 Å². The molecule has 0 bridgehead atoms. The molecule has 69 heavy (non-hydrogen) atoms. The summed E-state index contributed by atoms with van der Waals surface area (Å²) in [6.07, 6.45) is 35.4. The molecular formula is C64H78N4O. The molecule has 0 atom stereocenters. The molecule has 6 aliphatic rings. The average molecular weight is 919 g/mol. The highest BCUT2D eigenvalue weighted by Gasteiger charge is 2.30. The van der Waals surface area contributed by atoms with E-state index in [1.54, 1.807) is 22.3 Å². The van der Waals surface area contributed by atoms with Crippen LogP contribution in [0, 0.1) is 20.8 Å². The van der Waals surface area contributed by atoms with Crippen molar-refractivity contribution < 1.29 is 4.74 Å². The molecule has 0 spiro atoms. The highest BCUT2D eigenvalue weighted by molar-refractivity contribution is 5.80. The van der Waals surface area contributed by atoms with Gasteiger partial charge in [0.25, 0.3) is 0 Å². The summed E-state index contributed by atoms with van der Waals surface area (Å²) in [5.74, 6) is 4.22. The Bertz CT molecular complexity index is 2570. The van der Waals surface area contributed by atoms with E-state index in [1.165, 1.54) is 184 Å². The minimum absolute atomic E-state index is 0.591. The molecular weight excluding hydrogens is 841 g/mol. The van der Waals surface area contributed by atoms with Crippen molar-refractivity contribution >= 4 is 17.1 Å². The lowest BCUT2D eigenvalue weighted by molar-refractivity contribution is 0.436. The summed E-state index contributed by atoms with van der Waals surface area (Å²) in [6.45, 7) is 8.31. The van der Waals surface area contributed by atoms with Crippen LogP contribution < -0.4 is 19.4 Å². The molecule has 5 nitrogen and oxygen atoms in total. The van der Waals surface area contributed by atoms with Crippen molar-refractivity contribution in [2.45, 2.75) is 173 Å². The molecule has 360 valence electrons. The molecule has 0 saturated heterocycles. The highest BCUT2D eigenvalue weighted by atomic mass is 16.5. The van der Waals surface area contributed by atoms with Crippen LogP contribution in [0.2, 0.25) is 0 Å². The smallest absolute Gasteiger partial charge is 0.130 e. The second-order valence-corrected chi connectivity index (χ2v) is 22.3. The van der Waals surface area contributed by atoms with Gasteiger partial charge in [0.15, 0.2) is 0 Å². The molecule has 4 saturated carbocycles. The van der Waals surface area contributed by atoms with Gasteiger partial charge in [-0.3, -0.25) is 0 Å². The molecule has 0 N–H and O–H groups in total. The fourth-order valence-corrected chi connectivity index (χ4v) is 14.0. The number of ether oxygens (including phenoxy) is 1. The van der Waals surface area contributed by atoms with E-state index in [0.29, 0.717) is 23.7 Å². The van der Waals surface area contributed by atoms with Crippen LogP contribution in [0.15, 0.2) is 110 Å². The standard InChI is InChI=1S/C64H78N4O/c1-45-35-46(2)64(47(3)36-45)68-34-33-67(44-68)55-38-53(63-60(50-23-13-7-14-24-50)29-18-30-61(63)51-25-15-8-16-26-51)40-57(42-55)69-56-39-52(37-54(41-56)66-32-31-65(4)43-66)62-58(48-19-9-5-10-20-48)27-17-28-59(62)49-21-11-6-12-22-49/h17-18,27-42,48-51H,5-16,19-26,43-44H2,1-4H3. The Balaban J connectivity index is 1.06. The first kappa shape index (κ1) is 46.0. The Hall–Kier alpha value is -5.42. The van der Waals surface area contributed by atoms with E-state index in [2.05, 4.69) is 157 Å². The van der Waals surface area contributed by atoms with Crippen LogP contribution in [-0.4, -0.2) is 25.3 Å². The van der Waals surface area contributed by atoms with Gasteiger partial charge in [0, 0.05) is 61.0 Å². The number of aryl methyl sites for hydroxylation is 3. The van der Waals surface area contributed by atoms with E-state index in [4.69, 9.17) is 4.74 Å². The topological polar surface area (TPSA) is 22.2 Å². The summed E-state index contributed by atoms with van der Waals surface area (Å²) in [7, 11) is 2.17. The van der Waals surface area contributed by atoms with Crippen LogP contribution >= 0.6 is 0 Å². The molecule has 5 aromatic carbocycles. The minimum Gasteiger partial charge on any atom is -0.457 e. The number of hydrogen-bond acceptors (Lipinski definition) is 5. The molecule has 0 unspecified atom stereocenters. The molecule has 0 aromatic heterocycles. The molecule has 11 rings (SSSR count). The Labute approximate surface area is 415 Å². The van der Waals surface area contributed by atoms with E-state index in [0.717, 1.165) is 24.8 Å². The Morgan fingerprint density at radius 3 is 1.17 bits per heavy atom. The zero-order valence-corrected chi connectivity index (χ0v) is 42.5. The van der Waals surface area contributed by atoms with E-state index in [9.17, 15) is 0 Å². The fourth-order valence-electron chi connectivity index (χ4n) is 14.0. The fraction of sp³-hybridized carbons (Fsp3) is 0.469. The largest absolute Gasteiger partial charge is 0.457 e. The lowest BCUT2D eigenvalue weighted by Crippen LogP contribution is -2.25. The maximum atomic E-state index is 7.51. The van der Waals surface area contributed by atoms with E-state index >= 15 is 0 Å². The van der Waals surface area contributed by atoms with Crippen molar-refractivity contribution in [2.24, 2.45) is 0 Å². The van der Waals surface area contributed by atoms with Gasteiger partial charge in [0.2, 0.25) is 0 Å². The van der Waals surface area contributed by atoms with Crippen molar-refractivity contribution in [1.29, 1.82) is 0 Å². The van der Waals surface area contributed by atoms with Crippen molar-refractivity contribution in [2.75, 3.05) is 35.1 Å². The Morgan fingerprint density at radius 1 is 0.406 bits per heavy atom. The minimum atomic E-state index is 0.591. The normalized spacial score (nSPS) is 19.9. The van der Waals surface area contributed by atoms with Gasteiger partial charge >= 0.3 is 0 Å². The van der Waals surface area contributed by atoms with Crippen molar-refractivity contribution in [1.82, 2.24) is 4.90 Å². The van der Waals surface area contributed by atoms with Gasteiger partial charge in [-0.25, -0.2) is 0 Å². The summed E-state index contributed by atoms with van der Waals surface area (Å²) in [6, 6.07) is 33.9. The molecule has 0 radical (unpaired) electrons. The third-order valence-corrected chi connectivity index (χ3v) is 17.2. The first-order valence-electron chi connectivity index (χ1n) is 27.5. The summed E-state index contributed by atoms with van der Waals surface area (Å²) < 4.78 is 7.51. The molecule has 2 aliphatic heterocycles. The molecule has 5 heteroatoms. The monoisotopic (exact) mass is 919 g/mol. The SMILES string of the molecule is Cc1cc(C)c(N2C=CN(c3cc(Oc4cc(-c5c(C6CCCCC6)cccc5C5CCCCC5)cc(N5C=CN(C)C5)c4)cc(-c4c(C5CCCCC5)cccc4C4CCCCC4)c3)C2)c(C)c1. The van der Waals surface area contributed by atoms with Crippen LogP contribution in [0.5, 0.6) is 11.5 Å². The van der Waals surface area contributed by atoms with Crippen LogP contribution in [0.25, 0.3) is 22.3 Å². The Morgan fingerprint density at radius 2 is 0.783 bits per heavy atom. The third kappa shape index (κ3) is 9.87. The number of rotatable bonds is 11. The van der Waals surface area contributed by atoms with Gasteiger partial charge in [-0.05, 0) is 176 Å². The van der Waals surface area contributed by atoms with Gasteiger partial charge in [-0.1, -0.05) is 131 Å². The molecule has 2 heterocycles. The van der Waals surface area contributed by atoms with Crippen LogP contribution in [0.1, 0.15) is 191 Å². The first-order valence-corrected chi connectivity index (χ1v) is 27.5. The molecule has 4 fully saturated rings. The van der Waals surface area contributed by atoms with Crippen LogP contribution in [0.3, 0.4) is 0 Å². The van der Waals surface area contributed by atoms with Gasteiger partial charge in [0.05, 0.1) is 13.3 Å². The van der Waals surface area contributed by atoms with Gasteiger partial charge in [-0.2, -0.15) is 0 Å². The second kappa shape index (κ2) is 20.5. The van der Waals surface area contributed by atoms with Crippen molar-refractivity contribution in [3.63, 3.8) is 0 Å². The maximum absolute atomic E-state index is 7.51. The average Bonchev–Trinajstić information content (AvgIpc) is 4.06. The Kier molecular flexibility index (Phi) is 13.7. The zero-order valence-electron chi connectivity index (χ0n) is 42.5. The molecule has 4 aliphatic carbocycles. The van der Waals surface area contributed by atoms with Gasteiger partial charge in [0.1, 0.15) is 11.5 Å². The van der Waals surface area contributed by atoms with E-state index in [-0.39, 0.29) is 0 Å². The molecule has 0 amide bonds. The first-order chi connectivity index (χ1) is 33.8. The van der Waals surface area contributed by atoms with Crippen LogP contribution in [0.4, 0.5) is 17.1 Å². The molecule has 5 aromatic rings. The summed E-state index contributed by atoms with van der Waals surface area (Å²) in [4.78, 5) is 9.55. The third-order valence-electron chi connectivity index (χ3n) is 17.2. The predicted octanol–water partition coefficient (Wildman–Crippen LogP) is 17.9. The maximum Gasteiger partial charge on any atom is 0.130 e. The number of benzene rings is 5. The summed E-state index contributed by atoms with van der Waals surface area (Å²) in [5.41, 5.74) is 19.5. The van der Waals surface area contributed by atoms with E-state index in [1.807, 2.05) is 0 Å². The van der Waals surface area contributed by atoms with Gasteiger partial charge in [-0.15, -0.1) is 0 Å². The lowest BCUT2D eigenvalue weighted by atomic mass is 9.75. The predicted molar refractivity (Wildman–Crippen MR) is 291 cm³/mol. The number of hydrogen-bond donors (Lipinski definition) is 0. The van der Waals surface area contributed by atoms with Crippen LogP contribution in [-0.2, 0) is 0 Å². The van der Waals surface area contributed by atoms with Gasteiger partial charge < -0.3 is 24.3 Å². The highest BCUT2D eigenvalue weighted by Crippen LogP contribution is 2.49. The number of nitrogens with zero attached hydrogens (tertiary/aromatic N) is 4. The number of anilines is 3. The van der Waals surface area contributed by atoms with Crippen molar-refractivity contribution in [3.8, 4) is 33.8 Å². The summed E-state index contributed by atoms with van der Waals surface area (Å²) >= 11 is 0. The lowest BCUT2D eigenvalue weighted by Gasteiger charge is -2.31. The zero-order chi connectivity index (χ0) is 46.8. The quantitative estimate of drug-likeness (QED) is 0.131. The van der Waals surface area contributed by atoms with E-state index < -0.39 is 0 Å². The summed E-state index contributed by atoms with van der Waals surface area (Å²) in [5, 5.41) is 0. The second-order valence-electron chi connectivity index (χ2n) is 22.3.